The van der Waals surface area contributed by atoms with Crippen molar-refractivity contribution < 1.29 is 4.39 Å². The number of hydrogen-bond acceptors (Lipinski definition) is 5. The number of nitrogens with zero attached hydrogens (tertiary/aromatic N) is 4. The average molecular weight is 402 g/mol. The second-order valence-electron chi connectivity index (χ2n) is 7.24. The first-order valence-corrected chi connectivity index (χ1v) is 9.97. The molecule has 8 heteroatoms. The van der Waals surface area contributed by atoms with E-state index in [0.29, 0.717) is 28.4 Å². The van der Waals surface area contributed by atoms with Crippen molar-refractivity contribution in [2.75, 3.05) is 0 Å². The molecule has 148 valence electrons. The van der Waals surface area contributed by atoms with Gasteiger partial charge in [0, 0.05) is 18.8 Å². The Morgan fingerprint density at radius 1 is 1.11 bits per heavy atom. The highest BCUT2D eigenvalue weighted by Gasteiger charge is 2.20. The molecule has 0 radical (unpaired) electrons. The smallest absolute Gasteiger partial charge is 0.277 e. The molecule has 0 aliphatic heterocycles. The second kappa shape index (κ2) is 7.87. The predicted octanol–water partition coefficient (Wildman–Crippen LogP) is 3.45. The number of thioether (sulfide) groups is 1. The molecule has 3 aromatic rings. The maximum Gasteiger partial charge on any atom is 0.332 e. The normalized spacial score (nSPS) is 12.7. The van der Waals surface area contributed by atoms with E-state index in [1.54, 1.807) is 23.6 Å². The SMILES string of the molecule is Cc1nc(S[C@@H](C)c2ccc(F)cc2)c2c(=O)n(C)c(=O)n(CC(C)C)c2n1. The molecular formula is C20H23FN4O2S. The van der Waals surface area contributed by atoms with Crippen LogP contribution in [0.2, 0.25) is 0 Å². The summed E-state index contributed by atoms with van der Waals surface area (Å²) in [4.78, 5) is 34.5. The highest BCUT2D eigenvalue weighted by Crippen LogP contribution is 2.36. The second-order valence-corrected chi connectivity index (χ2v) is 8.57. The Bertz CT molecular complexity index is 1140. The van der Waals surface area contributed by atoms with E-state index in [9.17, 15) is 14.0 Å². The van der Waals surface area contributed by atoms with Gasteiger partial charge >= 0.3 is 5.69 Å². The Balaban J connectivity index is 2.20. The Hall–Kier alpha value is -2.48. The number of aromatic nitrogens is 4. The van der Waals surface area contributed by atoms with Crippen molar-refractivity contribution in [1.29, 1.82) is 0 Å². The molecule has 0 N–H and O–H groups in total. The summed E-state index contributed by atoms with van der Waals surface area (Å²) >= 11 is 1.40. The third-order valence-corrected chi connectivity index (χ3v) is 5.58. The summed E-state index contributed by atoms with van der Waals surface area (Å²) in [5.41, 5.74) is 0.492. The molecule has 2 heterocycles. The van der Waals surface area contributed by atoms with Crippen LogP contribution in [0.5, 0.6) is 0 Å². The van der Waals surface area contributed by atoms with E-state index in [4.69, 9.17) is 0 Å². The van der Waals surface area contributed by atoms with E-state index < -0.39 is 5.56 Å². The van der Waals surface area contributed by atoms with Gasteiger partial charge in [-0.05, 0) is 37.5 Å². The molecule has 0 saturated carbocycles. The van der Waals surface area contributed by atoms with Crippen LogP contribution in [-0.4, -0.2) is 19.1 Å². The lowest BCUT2D eigenvalue weighted by Crippen LogP contribution is -2.39. The number of rotatable bonds is 5. The molecule has 1 aromatic carbocycles. The molecule has 0 saturated heterocycles. The van der Waals surface area contributed by atoms with Gasteiger partial charge in [-0.25, -0.2) is 19.2 Å². The van der Waals surface area contributed by atoms with Crippen LogP contribution >= 0.6 is 11.8 Å². The summed E-state index contributed by atoms with van der Waals surface area (Å²) in [6.45, 7) is 8.18. The molecule has 28 heavy (non-hydrogen) atoms. The number of hydrogen-bond donors (Lipinski definition) is 0. The van der Waals surface area contributed by atoms with Gasteiger partial charge in [0.25, 0.3) is 5.56 Å². The van der Waals surface area contributed by atoms with Gasteiger partial charge in [0.05, 0.1) is 0 Å². The van der Waals surface area contributed by atoms with Gasteiger partial charge in [-0.3, -0.25) is 13.9 Å². The number of fused-ring (bicyclic) bond motifs is 1. The first kappa shape index (κ1) is 20.3. The monoisotopic (exact) mass is 402 g/mol. The lowest BCUT2D eigenvalue weighted by Gasteiger charge is -2.17. The van der Waals surface area contributed by atoms with E-state index in [-0.39, 0.29) is 22.7 Å². The average Bonchev–Trinajstić information content (AvgIpc) is 2.63. The van der Waals surface area contributed by atoms with Crippen LogP contribution in [0.1, 0.15) is 37.4 Å². The summed E-state index contributed by atoms with van der Waals surface area (Å²) in [6.07, 6.45) is 0. The molecule has 0 unspecified atom stereocenters. The van der Waals surface area contributed by atoms with Crippen LogP contribution in [-0.2, 0) is 13.6 Å². The van der Waals surface area contributed by atoms with Gasteiger partial charge in [0.15, 0.2) is 5.65 Å². The quantitative estimate of drug-likeness (QED) is 0.483. The number of aryl methyl sites for hydroxylation is 1. The zero-order valence-electron chi connectivity index (χ0n) is 16.6. The lowest BCUT2D eigenvalue weighted by atomic mass is 10.2. The molecule has 0 bridgehead atoms. The summed E-state index contributed by atoms with van der Waals surface area (Å²) in [5, 5.41) is 0.804. The molecule has 6 nitrogen and oxygen atoms in total. The van der Waals surface area contributed by atoms with Crippen molar-refractivity contribution in [3.63, 3.8) is 0 Å². The lowest BCUT2D eigenvalue weighted by molar-refractivity contribution is 0.498. The van der Waals surface area contributed by atoms with Gasteiger partial charge in [-0.1, -0.05) is 37.7 Å². The summed E-state index contributed by atoms with van der Waals surface area (Å²) < 4.78 is 15.9. The fourth-order valence-corrected chi connectivity index (χ4v) is 4.13. The molecule has 1 atom stereocenters. The number of benzene rings is 1. The van der Waals surface area contributed by atoms with Gasteiger partial charge < -0.3 is 0 Å². The highest BCUT2D eigenvalue weighted by atomic mass is 32.2. The van der Waals surface area contributed by atoms with Crippen LogP contribution in [0.4, 0.5) is 4.39 Å². The maximum atomic E-state index is 13.2. The van der Waals surface area contributed by atoms with Crippen molar-refractivity contribution >= 4 is 22.8 Å². The van der Waals surface area contributed by atoms with Crippen molar-refractivity contribution in [3.8, 4) is 0 Å². The minimum atomic E-state index is -0.409. The first-order chi connectivity index (χ1) is 13.2. The highest BCUT2D eigenvalue weighted by molar-refractivity contribution is 7.99. The predicted molar refractivity (Wildman–Crippen MR) is 109 cm³/mol. The molecule has 2 aromatic heterocycles. The van der Waals surface area contributed by atoms with E-state index in [0.717, 1.165) is 10.1 Å². The molecule has 0 aliphatic carbocycles. The van der Waals surface area contributed by atoms with Gasteiger partial charge in [0.2, 0.25) is 0 Å². The van der Waals surface area contributed by atoms with Crippen LogP contribution in [0, 0.1) is 18.7 Å². The van der Waals surface area contributed by atoms with Crippen LogP contribution < -0.4 is 11.2 Å². The van der Waals surface area contributed by atoms with E-state index >= 15 is 0 Å². The fraction of sp³-hybridized carbons (Fsp3) is 0.400. The molecule has 3 rings (SSSR count). The molecule has 0 spiro atoms. The van der Waals surface area contributed by atoms with Gasteiger partial charge in [0.1, 0.15) is 22.1 Å². The standard InChI is InChI=1S/C20H23FN4O2S/c1-11(2)10-25-17-16(19(26)24(5)20(25)27)18(23-13(4)22-17)28-12(3)14-6-8-15(21)9-7-14/h6-9,11-12H,10H2,1-5H3/t12-/m0/s1. The summed E-state index contributed by atoms with van der Waals surface area (Å²) in [6, 6.07) is 6.26. The Kier molecular flexibility index (Phi) is 5.69. The van der Waals surface area contributed by atoms with Crippen LogP contribution in [0.15, 0.2) is 38.9 Å². The van der Waals surface area contributed by atoms with Crippen molar-refractivity contribution in [1.82, 2.24) is 19.1 Å². The topological polar surface area (TPSA) is 69.8 Å². The molecule has 0 aliphatic rings. The third kappa shape index (κ3) is 3.87. The Labute approximate surface area is 166 Å². The van der Waals surface area contributed by atoms with E-state index in [1.165, 1.54) is 30.9 Å². The maximum absolute atomic E-state index is 13.2. The molecule has 0 amide bonds. The summed E-state index contributed by atoms with van der Waals surface area (Å²) in [5.74, 6) is 0.408. The van der Waals surface area contributed by atoms with E-state index in [2.05, 4.69) is 9.97 Å². The van der Waals surface area contributed by atoms with Crippen molar-refractivity contribution in [3.05, 3.63) is 62.3 Å². The summed E-state index contributed by atoms with van der Waals surface area (Å²) in [7, 11) is 1.47. The largest absolute Gasteiger partial charge is 0.332 e. The minimum absolute atomic E-state index is 0.0618. The van der Waals surface area contributed by atoms with E-state index in [1.807, 2.05) is 20.8 Å². The Morgan fingerprint density at radius 2 is 1.75 bits per heavy atom. The fourth-order valence-electron chi connectivity index (χ4n) is 3.03. The number of halogens is 1. The van der Waals surface area contributed by atoms with Gasteiger partial charge in [-0.2, -0.15) is 0 Å². The zero-order valence-corrected chi connectivity index (χ0v) is 17.4. The molecular weight excluding hydrogens is 379 g/mol. The third-order valence-electron chi connectivity index (χ3n) is 4.44. The van der Waals surface area contributed by atoms with Crippen molar-refractivity contribution in [2.24, 2.45) is 13.0 Å². The van der Waals surface area contributed by atoms with Crippen LogP contribution in [0.3, 0.4) is 0 Å². The molecule has 0 fully saturated rings. The van der Waals surface area contributed by atoms with Crippen LogP contribution in [0.25, 0.3) is 11.0 Å². The minimum Gasteiger partial charge on any atom is -0.277 e. The first-order valence-electron chi connectivity index (χ1n) is 9.09. The Morgan fingerprint density at radius 3 is 2.36 bits per heavy atom. The zero-order chi connectivity index (χ0) is 20.6. The van der Waals surface area contributed by atoms with Gasteiger partial charge in [-0.15, -0.1) is 0 Å². The van der Waals surface area contributed by atoms with Crippen molar-refractivity contribution in [2.45, 2.75) is 44.5 Å².